The molecule has 1 aliphatic rings. The number of hydrogen-bond acceptors (Lipinski definition) is 5. The van der Waals surface area contributed by atoms with Gasteiger partial charge in [-0.05, 0) is 36.2 Å². The van der Waals surface area contributed by atoms with Gasteiger partial charge in [0.25, 0.3) is 0 Å². The molecule has 1 aromatic rings. The first kappa shape index (κ1) is 12.4. The van der Waals surface area contributed by atoms with Crippen LogP contribution in [-0.4, -0.2) is 49.4 Å². The summed E-state index contributed by atoms with van der Waals surface area (Å²) in [6.07, 6.45) is 4.01. The quantitative estimate of drug-likeness (QED) is 0.807. The molecule has 0 bridgehead atoms. The van der Waals surface area contributed by atoms with Crippen molar-refractivity contribution in [2.24, 2.45) is 0 Å². The highest BCUT2D eigenvalue weighted by atomic mass is 16.3. The molecule has 1 saturated heterocycles. The molecule has 0 radical (unpaired) electrons. The third kappa shape index (κ3) is 3.47. The summed E-state index contributed by atoms with van der Waals surface area (Å²) in [5.74, 6) is 0.910. The van der Waals surface area contributed by atoms with E-state index in [4.69, 9.17) is 0 Å². The molecule has 1 aromatic heterocycles. The highest BCUT2D eigenvalue weighted by molar-refractivity contribution is 4.83. The number of likely N-dealkylation sites (tertiary alicyclic amines) is 1. The van der Waals surface area contributed by atoms with Gasteiger partial charge in [0.15, 0.2) is 5.82 Å². The smallest absolute Gasteiger partial charge is 0.165 e. The van der Waals surface area contributed by atoms with Crippen LogP contribution in [0.25, 0.3) is 0 Å². The zero-order chi connectivity index (χ0) is 12.1. The summed E-state index contributed by atoms with van der Waals surface area (Å²) in [5, 5.41) is 21.4. The molecule has 1 atom stereocenters. The summed E-state index contributed by atoms with van der Waals surface area (Å²) in [5.41, 5.74) is 0. The van der Waals surface area contributed by atoms with E-state index in [0.29, 0.717) is 0 Å². The maximum absolute atomic E-state index is 9.62. The minimum absolute atomic E-state index is 0.191. The van der Waals surface area contributed by atoms with E-state index in [9.17, 15) is 5.11 Å². The fourth-order valence-corrected chi connectivity index (χ4v) is 2.19. The second kappa shape index (κ2) is 6.07. The second-order valence-corrected chi connectivity index (χ2v) is 4.70. The van der Waals surface area contributed by atoms with Crippen LogP contribution in [0.3, 0.4) is 0 Å². The molecule has 0 amide bonds. The Morgan fingerprint density at radius 2 is 2.35 bits per heavy atom. The first-order valence-corrected chi connectivity index (χ1v) is 6.45. The number of aromatic nitrogens is 4. The summed E-state index contributed by atoms with van der Waals surface area (Å²) >= 11 is 0. The SMILES string of the molecule is CCCCn1nnnc1CN1CCCC(O)C1. The zero-order valence-electron chi connectivity index (χ0n) is 10.4. The highest BCUT2D eigenvalue weighted by Crippen LogP contribution is 2.12. The maximum atomic E-state index is 9.62. The first-order chi connectivity index (χ1) is 8.29. The normalized spacial score (nSPS) is 21.9. The van der Waals surface area contributed by atoms with Gasteiger partial charge in [0, 0.05) is 13.1 Å². The number of aliphatic hydroxyl groups is 1. The van der Waals surface area contributed by atoms with E-state index in [0.717, 1.165) is 57.7 Å². The molecule has 6 nitrogen and oxygen atoms in total. The average molecular weight is 239 g/mol. The molecule has 96 valence electrons. The average Bonchev–Trinajstić information content (AvgIpc) is 2.74. The van der Waals surface area contributed by atoms with E-state index in [-0.39, 0.29) is 6.10 Å². The third-order valence-corrected chi connectivity index (χ3v) is 3.18. The van der Waals surface area contributed by atoms with Crippen molar-refractivity contribution in [3.8, 4) is 0 Å². The Hall–Kier alpha value is -1.01. The van der Waals surface area contributed by atoms with Crippen LogP contribution in [0.4, 0.5) is 0 Å². The van der Waals surface area contributed by atoms with E-state index < -0.39 is 0 Å². The lowest BCUT2D eigenvalue weighted by atomic mass is 10.1. The van der Waals surface area contributed by atoms with Gasteiger partial charge >= 0.3 is 0 Å². The Bertz CT molecular complexity index is 340. The number of piperidine rings is 1. The van der Waals surface area contributed by atoms with Gasteiger partial charge in [-0.2, -0.15) is 0 Å². The molecule has 1 fully saturated rings. The number of nitrogens with zero attached hydrogens (tertiary/aromatic N) is 5. The molecule has 0 spiro atoms. The molecular formula is C11H21N5O. The number of aryl methyl sites for hydroxylation is 1. The largest absolute Gasteiger partial charge is 0.392 e. The minimum atomic E-state index is -0.191. The lowest BCUT2D eigenvalue weighted by Gasteiger charge is -2.29. The van der Waals surface area contributed by atoms with Crippen molar-refractivity contribution in [1.82, 2.24) is 25.1 Å². The van der Waals surface area contributed by atoms with Crippen molar-refractivity contribution in [3.63, 3.8) is 0 Å². The predicted molar refractivity (Wildman–Crippen MR) is 63.2 cm³/mol. The van der Waals surface area contributed by atoms with Crippen LogP contribution in [0.2, 0.25) is 0 Å². The molecule has 2 heterocycles. The van der Waals surface area contributed by atoms with Crippen LogP contribution in [0.5, 0.6) is 0 Å². The van der Waals surface area contributed by atoms with Crippen molar-refractivity contribution in [3.05, 3.63) is 5.82 Å². The zero-order valence-corrected chi connectivity index (χ0v) is 10.4. The fraction of sp³-hybridized carbons (Fsp3) is 0.909. The van der Waals surface area contributed by atoms with Gasteiger partial charge in [-0.3, -0.25) is 4.90 Å². The number of tetrazole rings is 1. The van der Waals surface area contributed by atoms with E-state index in [1.54, 1.807) is 0 Å². The van der Waals surface area contributed by atoms with Gasteiger partial charge in [0.2, 0.25) is 0 Å². The summed E-state index contributed by atoms with van der Waals surface area (Å²) in [7, 11) is 0. The highest BCUT2D eigenvalue weighted by Gasteiger charge is 2.19. The molecule has 1 unspecified atom stereocenters. The summed E-state index contributed by atoms with van der Waals surface area (Å²) in [6, 6.07) is 0. The molecule has 0 aromatic carbocycles. The van der Waals surface area contributed by atoms with Crippen molar-refractivity contribution >= 4 is 0 Å². The standard InChI is InChI=1S/C11H21N5O/c1-2-3-7-16-11(12-13-14-16)9-15-6-4-5-10(17)8-15/h10,17H,2-9H2,1H3. The van der Waals surface area contributed by atoms with Crippen LogP contribution >= 0.6 is 0 Å². The Balaban J connectivity index is 1.91. The summed E-state index contributed by atoms with van der Waals surface area (Å²) in [6.45, 7) is 5.55. The number of aliphatic hydroxyl groups excluding tert-OH is 1. The van der Waals surface area contributed by atoms with Gasteiger partial charge in [-0.1, -0.05) is 13.3 Å². The van der Waals surface area contributed by atoms with Crippen molar-refractivity contribution in [2.45, 2.75) is 51.8 Å². The molecular weight excluding hydrogens is 218 g/mol. The lowest BCUT2D eigenvalue weighted by Crippen LogP contribution is -2.38. The molecule has 2 rings (SSSR count). The van der Waals surface area contributed by atoms with Gasteiger partial charge in [-0.25, -0.2) is 4.68 Å². The second-order valence-electron chi connectivity index (χ2n) is 4.70. The Labute approximate surface area is 102 Å². The predicted octanol–water partition coefficient (Wildman–Crippen LogP) is 0.430. The van der Waals surface area contributed by atoms with Crippen molar-refractivity contribution in [1.29, 1.82) is 0 Å². The van der Waals surface area contributed by atoms with Crippen LogP contribution < -0.4 is 0 Å². The van der Waals surface area contributed by atoms with Gasteiger partial charge < -0.3 is 5.11 Å². The van der Waals surface area contributed by atoms with Crippen LogP contribution in [0.1, 0.15) is 38.4 Å². The number of unbranched alkanes of at least 4 members (excludes halogenated alkanes) is 1. The maximum Gasteiger partial charge on any atom is 0.165 e. The van der Waals surface area contributed by atoms with E-state index >= 15 is 0 Å². The molecule has 17 heavy (non-hydrogen) atoms. The monoisotopic (exact) mass is 239 g/mol. The summed E-state index contributed by atoms with van der Waals surface area (Å²) < 4.78 is 1.88. The molecule has 1 aliphatic heterocycles. The van der Waals surface area contributed by atoms with Crippen LogP contribution in [0.15, 0.2) is 0 Å². The lowest BCUT2D eigenvalue weighted by molar-refractivity contribution is 0.0647. The van der Waals surface area contributed by atoms with Gasteiger partial charge in [0.1, 0.15) is 0 Å². The molecule has 0 aliphatic carbocycles. The first-order valence-electron chi connectivity index (χ1n) is 6.45. The van der Waals surface area contributed by atoms with Crippen LogP contribution in [-0.2, 0) is 13.1 Å². The number of β-amino-alcohol motifs (C(OH)–C–C–N with tert-alkyl or cyclic N) is 1. The van der Waals surface area contributed by atoms with Gasteiger partial charge in [0.05, 0.1) is 12.6 Å². The minimum Gasteiger partial charge on any atom is -0.392 e. The number of hydrogen-bond donors (Lipinski definition) is 1. The molecule has 1 N–H and O–H groups in total. The van der Waals surface area contributed by atoms with Gasteiger partial charge in [-0.15, -0.1) is 5.10 Å². The molecule has 0 saturated carbocycles. The topological polar surface area (TPSA) is 67.1 Å². The van der Waals surface area contributed by atoms with Crippen LogP contribution in [0, 0.1) is 0 Å². The number of rotatable bonds is 5. The summed E-state index contributed by atoms with van der Waals surface area (Å²) in [4.78, 5) is 2.22. The Morgan fingerprint density at radius 1 is 1.47 bits per heavy atom. The van der Waals surface area contributed by atoms with Crippen molar-refractivity contribution in [2.75, 3.05) is 13.1 Å². The van der Waals surface area contributed by atoms with E-state index in [1.165, 1.54) is 0 Å². The third-order valence-electron chi connectivity index (χ3n) is 3.18. The Kier molecular flexibility index (Phi) is 4.44. The molecule has 6 heteroatoms. The Morgan fingerprint density at radius 3 is 3.12 bits per heavy atom. The fourth-order valence-electron chi connectivity index (χ4n) is 2.19. The van der Waals surface area contributed by atoms with E-state index in [2.05, 4.69) is 27.3 Å². The van der Waals surface area contributed by atoms with E-state index in [1.807, 2.05) is 4.68 Å². The van der Waals surface area contributed by atoms with Crippen molar-refractivity contribution < 1.29 is 5.11 Å².